The summed E-state index contributed by atoms with van der Waals surface area (Å²) in [5.41, 5.74) is 3.70. The molecule has 8 rings (SSSR count). The lowest BCUT2D eigenvalue weighted by Crippen LogP contribution is -2.37. The summed E-state index contributed by atoms with van der Waals surface area (Å²) in [4.78, 5) is 3.07. The quantitative estimate of drug-likeness (QED) is 0.107. The molecule has 0 amide bonds. The molecule has 50 heavy (non-hydrogen) atoms. The maximum Gasteiger partial charge on any atom is 0.197 e. The predicted molar refractivity (Wildman–Crippen MR) is 192 cm³/mol. The largest absolute Gasteiger partial charge is 0.203 e. The van der Waals surface area contributed by atoms with Crippen LogP contribution in [-0.4, -0.2) is 0 Å². The first-order chi connectivity index (χ1) is 24.1. The molecule has 1 aliphatic carbocycles. The molecule has 8 heteroatoms. The van der Waals surface area contributed by atoms with Crippen molar-refractivity contribution in [3.8, 4) is 34.4 Å². The van der Waals surface area contributed by atoms with E-state index in [0.717, 1.165) is 53.0 Å². The molecule has 2 heterocycles. The van der Waals surface area contributed by atoms with Crippen molar-refractivity contribution in [1.82, 2.24) is 0 Å². The Hall–Kier alpha value is -5.28. The maximum absolute atomic E-state index is 16.0. The van der Waals surface area contributed by atoms with E-state index < -0.39 is 34.1 Å². The minimum absolute atomic E-state index is 0.193. The Bertz CT molecular complexity index is 2260. The van der Waals surface area contributed by atoms with Gasteiger partial charge in [-0.2, -0.15) is 10.5 Å². The number of benzene rings is 5. The monoisotopic (exact) mass is 696 g/mol. The smallest absolute Gasteiger partial charge is 0.197 e. The molecule has 2 atom stereocenters. The van der Waals surface area contributed by atoms with Crippen LogP contribution in [0.15, 0.2) is 119 Å². The molecule has 0 fully saturated rings. The first-order valence-corrected chi connectivity index (χ1v) is 17.3. The number of halogens is 4. The van der Waals surface area contributed by atoms with E-state index in [9.17, 15) is 0 Å². The first-order valence-electron chi connectivity index (χ1n) is 15.7. The number of allylic oxidation sites excluding steroid dienone is 4. The molecular formula is C42H24F4N2S2. The highest BCUT2D eigenvalue weighted by Crippen LogP contribution is 2.68. The van der Waals surface area contributed by atoms with Crippen LogP contribution in [0.4, 0.5) is 17.6 Å². The summed E-state index contributed by atoms with van der Waals surface area (Å²) in [6.07, 6.45) is 3.67. The number of thioether (sulfide) groups is 2. The third-order valence-corrected chi connectivity index (χ3v) is 12.7. The van der Waals surface area contributed by atoms with Crippen molar-refractivity contribution >= 4 is 33.3 Å². The summed E-state index contributed by atoms with van der Waals surface area (Å²) in [6.45, 7) is 3.48. The molecule has 242 valence electrons. The van der Waals surface area contributed by atoms with Gasteiger partial charge in [0.15, 0.2) is 23.3 Å². The standard InChI is InChI=1S/C42H24F4N2S2/c1-41-19-31(29-15-11-27(12-16-29)25-7-3-23(21-47)4-8-25)49-39(41)40-42(2,34-33(41)35(43)37(45)38(46)36(34)44)20-32(50-40)30-17-13-28(14-18-30)26-9-5-24(22-48)6-10-26/h3-20H,1-2H3. The Balaban J connectivity index is 1.22. The Kier molecular flexibility index (Phi) is 7.45. The number of nitrogens with zero attached hydrogens (tertiary/aromatic N) is 2. The zero-order valence-corrected chi connectivity index (χ0v) is 28.2. The lowest BCUT2D eigenvalue weighted by Gasteiger charge is -2.41. The van der Waals surface area contributed by atoms with Crippen LogP contribution in [0.2, 0.25) is 0 Å². The zero-order valence-electron chi connectivity index (χ0n) is 26.6. The van der Waals surface area contributed by atoms with Crippen molar-refractivity contribution in [2.45, 2.75) is 24.7 Å². The highest BCUT2D eigenvalue weighted by molar-refractivity contribution is 8.15. The van der Waals surface area contributed by atoms with Crippen molar-refractivity contribution in [3.63, 3.8) is 0 Å². The molecule has 5 aromatic carbocycles. The van der Waals surface area contributed by atoms with Crippen LogP contribution in [-0.2, 0) is 10.8 Å². The summed E-state index contributed by atoms with van der Waals surface area (Å²) in [6, 6.07) is 34.4. The number of rotatable bonds is 4. The molecule has 0 saturated carbocycles. The normalized spacial score (nSPS) is 20.3. The van der Waals surface area contributed by atoms with E-state index in [-0.39, 0.29) is 11.1 Å². The summed E-state index contributed by atoms with van der Waals surface area (Å²) in [5.74, 6) is -6.40. The molecule has 2 unspecified atom stereocenters. The average Bonchev–Trinajstić information content (AvgIpc) is 3.70. The first kappa shape index (κ1) is 32.0. The van der Waals surface area contributed by atoms with Crippen LogP contribution in [0.5, 0.6) is 0 Å². The lowest BCUT2D eigenvalue weighted by atomic mass is 9.65. The molecular weight excluding hydrogens is 673 g/mol. The minimum Gasteiger partial charge on any atom is -0.203 e. The van der Waals surface area contributed by atoms with Gasteiger partial charge in [0.2, 0.25) is 0 Å². The van der Waals surface area contributed by atoms with Crippen LogP contribution >= 0.6 is 23.5 Å². The number of hydrogen-bond donors (Lipinski definition) is 0. The highest BCUT2D eigenvalue weighted by atomic mass is 32.2. The number of nitriles is 2. The van der Waals surface area contributed by atoms with Gasteiger partial charge in [0, 0.05) is 41.6 Å². The van der Waals surface area contributed by atoms with Gasteiger partial charge in [-0.15, -0.1) is 0 Å². The van der Waals surface area contributed by atoms with E-state index in [1.54, 1.807) is 38.1 Å². The minimum atomic E-state index is -1.82. The van der Waals surface area contributed by atoms with Gasteiger partial charge in [-0.05, 0) is 71.5 Å². The van der Waals surface area contributed by atoms with Crippen molar-refractivity contribution in [1.29, 1.82) is 10.5 Å². The summed E-state index contributed by atoms with van der Waals surface area (Å²) < 4.78 is 62.1. The molecule has 0 aromatic heterocycles. The van der Waals surface area contributed by atoms with Gasteiger partial charge in [0.05, 0.1) is 23.3 Å². The molecule has 2 aliphatic heterocycles. The van der Waals surface area contributed by atoms with Gasteiger partial charge in [-0.1, -0.05) is 108 Å². The van der Waals surface area contributed by atoms with E-state index in [2.05, 4.69) is 12.1 Å². The maximum atomic E-state index is 16.0. The fourth-order valence-corrected chi connectivity index (χ4v) is 10.2. The Labute approximate surface area is 295 Å². The van der Waals surface area contributed by atoms with Gasteiger partial charge in [-0.25, -0.2) is 17.6 Å². The molecule has 0 saturated heterocycles. The third-order valence-electron chi connectivity index (χ3n) is 9.75. The Morgan fingerprint density at radius 1 is 0.440 bits per heavy atom. The molecule has 3 aliphatic rings. The summed E-state index contributed by atoms with van der Waals surface area (Å²) in [7, 11) is 0. The van der Waals surface area contributed by atoms with Gasteiger partial charge in [0.25, 0.3) is 0 Å². The summed E-state index contributed by atoms with van der Waals surface area (Å²) in [5, 5.41) is 18.3. The van der Waals surface area contributed by atoms with E-state index in [1.807, 2.05) is 84.9 Å². The van der Waals surface area contributed by atoms with Crippen LogP contribution < -0.4 is 0 Å². The fourth-order valence-electron chi connectivity index (χ4n) is 7.10. The van der Waals surface area contributed by atoms with E-state index in [4.69, 9.17) is 10.5 Å². The Morgan fingerprint density at radius 2 is 0.720 bits per heavy atom. The number of fused-ring (bicyclic) bond motifs is 5. The van der Waals surface area contributed by atoms with Crippen LogP contribution in [0, 0.1) is 45.9 Å². The second kappa shape index (κ2) is 11.7. The molecule has 5 aromatic rings. The van der Waals surface area contributed by atoms with Crippen LogP contribution in [0.25, 0.3) is 32.1 Å². The number of hydrogen-bond acceptors (Lipinski definition) is 4. The van der Waals surface area contributed by atoms with Gasteiger partial charge in [0.1, 0.15) is 0 Å². The van der Waals surface area contributed by atoms with E-state index in [1.165, 1.54) is 23.5 Å². The third kappa shape index (κ3) is 4.78. The van der Waals surface area contributed by atoms with E-state index >= 15 is 17.6 Å². The second-order valence-corrected chi connectivity index (χ2v) is 14.9. The van der Waals surface area contributed by atoms with Gasteiger partial charge >= 0.3 is 0 Å². The molecule has 2 nitrogen and oxygen atoms in total. The Morgan fingerprint density at radius 3 is 1.02 bits per heavy atom. The molecule has 0 bridgehead atoms. The fraction of sp³-hybridized carbons (Fsp3) is 0.0952. The SMILES string of the molecule is CC12C=C(c3ccc(-c4ccc(C#N)cc4)cc3)SC1=C1SC(c3ccc(-c4ccc(C#N)cc4)cc3)=CC1(C)c1c(F)c(F)c(F)c(F)c12. The van der Waals surface area contributed by atoms with Crippen LogP contribution in [0.1, 0.15) is 47.2 Å². The van der Waals surface area contributed by atoms with Crippen molar-refractivity contribution < 1.29 is 17.6 Å². The summed E-state index contributed by atoms with van der Waals surface area (Å²) >= 11 is 2.88. The van der Waals surface area contributed by atoms with Crippen LogP contribution in [0.3, 0.4) is 0 Å². The topological polar surface area (TPSA) is 47.6 Å². The van der Waals surface area contributed by atoms with Crippen molar-refractivity contribution in [3.05, 3.63) is 176 Å². The van der Waals surface area contributed by atoms with Gasteiger partial charge < -0.3 is 0 Å². The second-order valence-electron chi connectivity index (χ2n) is 12.8. The van der Waals surface area contributed by atoms with E-state index in [0.29, 0.717) is 11.1 Å². The average molecular weight is 697 g/mol. The van der Waals surface area contributed by atoms with Crippen molar-refractivity contribution in [2.24, 2.45) is 0 Å². The van der Waals surface area contributed by atoms with Crippen molar-refractivity contribution in [2.75, 3.05) is 0 Å². The highest BCUT2D eigenvalue weighted by Gasteiger charge is 2.56. The molecule has 0 spiro atoms. The lowest BCUT2D eigenvalue weighted by molar-refractivity contribution is 0.382. The predicted octanol–water partition coefficient (Wildman–Crippen LogP) is 11.6. The zero-order chi connectivity index (χ0) is 34.9. The van der Waals surface area contributed by atoms with Gasteiger partial charge in [-0.3, -0.25) is 0 Å². The molecule has 0 N–H and O–H groups in total. The molecule has 0 radical (unpaired) electrons.